The molecule has 5 nitrogen and oxygen atoms in total. The quantitative estimate of drug-likeness (QED) is 0.432. The summed E-state index contributed by atoms with van der Waals surface area (Å²) < 4.78 is 0. The summed E-state index contributed by atoms with van der Waals surface area (Å²) in [5.74, 6) is -0.101. The van der Waals surface area contributed by atoms with Crippen LogP contribution in [0.4, 0.5) is 5.69 Å². The minimum absolute atomic E-state index is 0.0883. The SMILES string of the molecule is Cc1[nH]c2ccc(NC(=O)c3ccccc3)cc2c1C(c1ccccn1)N1CCCCC1. The monoisotopic (exact) mass is 424 g/mol. The van der Waals surface area contributed by atoms with Gasteiger partial charge in [-0.1, -0.05) is 30.7 Å². The highest BCUT2D eigenvalue weighted by Crippen LogP contribution is 2.37. The molecule has 1 aliphatic heterocycles. The molecule has 1 atom stereocenters. The second kappa shape index (κ2) is 8.97. The maximum atomic E-state index is 12.7. The third kappa shape index (κ3) is 4.04. The van der Waals surface area contributed by atoms with Gasteiger partial charge in [0, 0.05) is 39.6 Å². The maximum Gasteiger partial charge on any atom is 0.255 e. The number of anilines is 1. The first-order valence-electron chi connectivity index (χ1n) is 11.3. The number of nitrogens with zero attached hydrogens (tertiary/aromatic N) is 2. The summed E-state index contributed by atoms with van der Waals surface area (Å²) in [5.41, 5.74) is 5.98. The first-order valence-corrected chi connectivity index (χ1v) is 11.3. The second-order valence-electron chi connectivity index (χ2n) is 8.50. The molecule has 3 heterocycles. The van der Waals surface area contributed by atoms with Gasteiger partial charge in [0.25, 0.3) is 5.91 Å². The van der Waals surface area contributed by atoms with Gasteiger partial charge in [0.2, 0.25) is 0 Å². The lowest BCUT2D eigenvalue weighted by atomic mass is 9.95. The predicted octanol–water partition coefficient (Wildman–Crippen LogP) is 5.70. The number of benzene rings is 2. The van der Waals surface area contributed by atoms with E-state index in [2.05, 4.69) is 46.4 Å². The van der Waals surface area contributed by atoms with E-state index in [0.29, 0.717) is 5.56 Å². The van der Waals surface area contributed by atoms with Crippen LogP contribution in [-0.4, -0.2) is 33.9 Å². The van der Waals surface area contributed by atoms with Gasteiger partial charge in [-0.25, -0.2) is 0 Å². The number of aromatic nitrogens is 2. The maximum absolute atomic E-state index is 12.7. The third-order valence-electron chi connectivity index (χ3n) is 6.33. The normalized spacial score (nSPS) is 15.5. The van der Waals surface area contributed by atoms with E-state index in [9.17, 15) is 4.79 Å². The van der Waals surface area contributed by atoms with E-state index in [-0.39, 0.29) is 11.9 Å². The summed E-state index contributed by atoms with van der Waals surface area (Å²) in [6.07, 6.45) is 5.59. The average Bonchev–Trinajstić information content (AvgIpc) is 3.16. The third-order valence-corrected chi connectivity index (χ3v) is 6.33. The minimum atomic E-state index is -0.101. The molecule has 1 saturated heterocycles. The highest BCUT2D eigenvalue weighted by Gasteiger charge is 2.29. The summed E-state index contributed by atoms with van der Waals surface area (Å²) >= 11 is 0. The van der Waals surface area contributed by atoms with E-state index in [1.54, 1.807) is 0 Å². The average molecular weight is 425 g/mol. The number of hydrogen-bond donors (Lipinski definition) is 2. The van der Waals surface area contributed by atoms with Crippen molar-refractivity contribution in [2.24, 2.45) is 0 Å². The van der Waals surface area contributed by atoms with E-state index in [0.717, 1.165) is 41.1 Å². The van der Waals surface area contributed by atoms with Crippen molar-refractivity contribution in [2.75, 3.05) is 18.4 Å². The van der Waals surface area contributed by atoms with Gasteiger partial charge in [-0.3, -0.25) is 14.7 Å². The standard InChI is InChI=1S/C27H28N4O/c1-19-25(26(24-12-6-7-15-28-24)31-16-8-3-9-17-31)22-18-21(13-14-23(22)29-19)30-27(32)20-10-4-2-5-11-20/h2,4-7,10-15,18,26,29H,3,8-9,16-17H2,1H3,(H,30,32). The molecule has 2 aromatic heterocycles. The number of amides is 1. The van der Waals surface area contributed by atoms with Crippen LogP contribution in [0.3, 0.4) is 0 Å². The fraction of sp³-hybridized carbons (Fsp3) is 0.259. The van der Waals surface area contributed by atoms with Crippen molar-refractivity contribution in [3.63, 3.8) is 0 Å². The van der Waals surface area contributed by atoms with Gasteiger partial charge < -0.3 is 10.3 Å². The molecule has 0 aliphatic carbocycles. The summed E-state index contributed by atoms with van der Waals surface area (Å²) in [6.45, 7) is 4.27. The molecule has 1 aliphatic rings. The Bertz CT molecular complexity index is 1210. The van der Waals surface area contributed by atoms with Crippen LogP contribution >= 0.6 is 0 Å². The van der Waals surface area contributed by atoms with Gasteiger partial charge >= 0.3 is 0 Å². The molecule has 0 spiro atoms. The van der Waals surface area contributed by atoms with Crippen molar-refractivity contribution in [3.8, 4) is 0 Å². The lowest BCUT2D eigenvalue weighted by Crippen LogP contribution is -2.35. The molecule has 32 heavy (non-hydrogen) atoms. The number of carbonyl (C=O) groups is 1. The van der Waals surface area contributed by atoms with Crippen molar-refractivity contribution in [2.45, 2.75) is 32.2 Å². The Balaban J connectivity index is 1.56. The first-order chi connectivity index (χ1) is 15.7. The van der Waals surface area contributed by atoms with Crippen LogP contribution in [0.25, 0.3) is 10.9 Å². The molecule has 162 valence electrons. The summed E-state index contributed by atoms with van der Waals surface area (Å²) in [6, 6.07) is 21.7. The van der Waals surface area contributed by atoms with Gasteiger partial charge in [-0.2, -0.15) is 0 Å². The number of likely N-dealkylation sites (tertiary alicyclic amines) is 1. The fourth-order valence-electron chi connectivity index (χ4n) is 4.80. The fourth-order valence-corrected chi connectivity index (χ4v) is 4.80. The van der Waals surface area contributed by atoms with Gasteiger partial charge in [-0.05, 0) is 75.3 Å². The van der Waals surface area contributed by atoms with Crippen molar-refractivity contribution >= 4 is 22.5 Å². The van der Waals surface area contributed by atoms with Crippen LogP contribution < -0.4 is 5.32 Å². The predicted molar refractivity (Wildman–Crippen MR) is 129 cm³/mol. The Morgan fingerprint density at radius 3 is 2.53 bits per heavy atom. The van der Waals surface area contributed by atoms with Gasteiger partial charge in [0.1, 0.15) is 0 Å². The van der Waals surface area contributed by atoms with Crippen LogP contribution in [0.2, 0.25) is 0 Å². The number of nitrogens with one attached hydrogen (secondary N) is 2. The molecule has 0 radical (unpaired) electrons. The van der Waals surface area contributed by atoms with E-state index in [1.807, 2.05) is 48.7 Å². The number of fused-ring (bicyclic) bond motifs is 1. The van der Waals surface area contributed by atoms with Crippen LogP contribution in [0.5, 0.6) is 0 Å². The van der Waals surface area contributed by atoms with Gasteiger partial charge in [0.05, 0.1) is 11.7 Å². The zero-order chi connectivity index (χ0) is 21.9. The molecule has 1 fully saturated rings. The minimum Gasteiger partial charge on any atom is -0.358 e. The Labute approximate surface area is 188 Å². The summed E-state index contributed by atoms with van der Waals surface area (Å²) in [7, 11) is 0. The molecular weight excluding hydrogens is 396 g/mol. The van der Waals surface area contributed by atoms with Crippen LogP contribution in [0.1, 0.15) is 52.6 Å². The Kier molecular flexibility index (Phi) is 5.73. The zero-order valence-electron chi connectivity index (χ0n) is 18.3. The first kappa shape index (κ1) is 20.5. The van der Waals surface area contributed by atoms with Crippen LogP contribution in [0, 0.1) is 6.92 Å². The van der Waals surface area contributed by atoms with Crippen molar-refractivity contribution in [1.82, 2.24) is 14.9 Å². The van der Waals surface area contributed by atoms with E-state index in [1.165, 1.54) is 24.8 Å². The van der Waals surface area contributed by atoms with Crippen molar-refractivity contribution < 1.29 is 4.79 Å². The van der Waals surface area contributed by atoms with E-state index < -0.39 is 0 Å². The number of rotatable bonds is 5. The summed E-state index contributed by atoms with van der Waals surface area (Å²) in [4.78, 5) is 23.6. The largest absolute Gasteiger partial charge is 0.358 e. The lowest BCUT2D eigenvalue weighted by Gasteiger charge is -2.34. The second-order valence-corrected chi connectivity index (χ2v) is 8.50. The Hall–Kier alpha value is -3.44. The van der Waals surface area contributed by atoms with Crippen LogP contribution in [-0.2, 0) is 0 Å². The highest BCUT2D eigenvalue weighted by molar-refractivity contribution is 6.05. The molecule has 1 unspecified atom stereocenters. The number of H-pyrrole nitrogens is 1. The highest BCUT2D eigenvalue weighted by atomic mass is 16.1. The van der Waals surface area contributed by atoms with E-state index >= 15 is 0 Å². The molecule has 4 aromatic rings. The smallest absolute Gasteiger partial charge is 0.255 e. The number of aromatic amines is 1. The van der Waals surface area contributed by atoms with Crippen molar-refractivity contribution in [3.05, 3.63) is 95.4 Å². The molecule has 5 heteroatoms. The molecule has 2 N–H and O–H groups in total. The Morgan fingerprint density at radius 2 is 1.78 bits per heavy atom. The number of carbonyl (C=O) groups excluding carboxylic acids is 1. The molecule has 5 rings (SSSR count). The number of pyridine rings is 1. The number of piperidine rings is 1. The van der Waals surface area contributed by atoms with Crippen molar-refractivity contribution in [1.29, 1.82) is 0 Å². The molecule has 2 aromatic carbocycles. The summed E-state index contributed by atoms with van der Waals surface area (Å²) in [5, 5.41) is 4.20. The number of aryl methyl sites for hydroxylation is 1. The Morgan fingerprint density at radius 1 is 1.00 bits per heavy atom. The van der Waals surface area contributed by atoms with Gasteiger partial charge in [-0.15, -0.1) is 0 Å². The number of hydrogen-bond acceptors (Lipinski definition) is 3. The van der Waals surface area contributed by atoms with Gasteiger partial charge in [0.15, 0.2) is 0 Å². The van der Waals surface area contributed by atoms with E-state index in [4.69, 9.17) is 4.98 Å². The zero-order valence-corrected chi connectivity index (χ0v) is 18.3. The molecule has 1 amide bonds. The topological polar surface area (TPSA) is 61.0 Å². The molecular formula is C27H28N4O. The lowest BCUT2D eigenvalue weighted by molar-refractivity contribution is 0.102. The van der Waals surface area contributed by atoms with Crippen LogP contribution in [0.15, 0.2) is 72.9 Å². The molecule has 0 bridgehead atoms. The molecule has 0 saturated carbocycles.